The minimum absolute atomic E-state index is 0.0179. The Labute approximate surface area is 189 Å². The summed E-state index contributed by atoms with van der Waals surface area (Å²) in [6.45, 7) is 2.16. The van der Waals surface area contributed by atoms with Gasteiger partial charge < -0.3 is 19.8 Å². The molecule has 1 aliphatic rings. The Morgan fingerprint density at radius 2 is 1.94 bits per heavy atom. The van der Waals surface area contributed by atoms with Gasteiger partial charge in [0.15, 0.2) is 5.78 Å². The minimum atomic E-state index is -1.26. The lowest BCUT2D eigenvalue weighted by molar-refractivity contribution is -0.134. The van der Waals surface area contributed by atoms with Crippen LogP contribution in [0.3, 0.4) is 0 Å². The number of aromatic amines is 1. The third-order valence-corrected chi connectivity index (χ3v) is 6.53. The van der Waals surface area contributed by atoms with Crippen molar-refractivity contribution < 1.29 is 24.6 Å². The number of H-pyrrole nitrogens is 1. The summed E-state index contributed by atoms with van der Waals surface area (Å²) < 4.78 is 2.15. The van der Waals surface area contributed by atoms with E-state index in [0.717, 1.165) is 57.9 Å². The number of thioether (sulfide) groups is 1. The molecule has 1 aliphatic heterocycles. The number of aryl methyl sites for hydroxylation is 2. The van der Waals surface area contributed by atoms with E-state index >= 15 is 0 Å². The lowest BCUT2D eigenvalue weighted by atomic mass is 9.93. The van der Waals surface area contributed by atoms with Crippen molar-refractivity contribution in [2.75, 3.05) is 5.75 Å². The highest BCUT2D eigenvalue weighted by Gasteiger charge is 2.33. The van der Waals surface area contributed by atoms with Crippen molar-refractivity contribution in [3.8, 4) is 0 Å². The molecular weight excluding hydrogens is 430 g/mol. The van der Waals surface area contributed by atoms with Crippen LogP contribution in [0.15, 0.2) is 47.8 Å². The van der Waals surface area contributed by atoms with Crippen LogP contribution in [0.25, 0.3) is 10.9 Å². The van der Waals surface area contributed by atoms with Gasteiger partial charge in [-0.2, -0.15) is 0 Å². The quantitative estimate of drug-likeness (QED) is 0.484. The Balaban J connectivity index is 0.000000312. The Morgan fingerprint density at radius 3 is 2.59 bits per heavy atom. The van der Waals surface area contributed by atoms with Gasteiger partial charge in [-0.25, -0.2) is 14.6 Å². The molecule has 0 aliphatic carbocycles. The molecule has 1 aromatic carbocycles. The fourth-order valence-corrected chi connectivity index (χ4v) is 5.03. The molecule has 1 unspecified atom stereocenters. The van der Waals surface area contributed by atoms with E-state index in [9.17, 15) is 14.4 Å². The van der Waals surface area contributed by atoms with E-state index in [1.807, 2.05) is 12.1 Å². The molecule has 32 heavy (non-hydrogen) atoms. The first-order valence-corrected chi connectivity index (χ1v) is 11.2. The number of fused-ring (bicyclic) bond motifs is 3. The molecule has 2 aromatic heterocycles. The van der Waals surface area contributed by atoms with Crippen LogP contribution in [0.5, 0.6) is 0 Å². The zero-order chi connectivity index (χ0) is 23.3. The average Bonchev–Trinajstić information content (AvgIpc) is 3.32. The number of nitrogens with one attached hydrogen (secondary N) is 1. The number of para-hydroxylation sites is 1. The molecule has 0 fully saturated rings. The molecule has 0 amide bonds. The molecular formula is C23H25N3O5S. The summed E-state index contributed by atoms with van der Waals surface area (Å²) in [4.78, 5) is 39.9. The van der Waals surface area contributed by atoms with Gasteiger partial charge >= 0.3 is 11.9 Å². The van der Waals surface area contributed by atoms with E-state index in [1.165, 1.54) is 0 Å². The van der Waals surface area contributed by atoms with Crippen LogP contribution in [0.4, 0.5) is 0 Å². The van der Waals surface area contributed by atoms with Gasteiger partial charge in [0.25, 0.3) is 0 Å². The number of Topliss-reactive ketones (excluding diaryl/α,β-unsaturated/α-hetero) is 1. The zero-order valence-corrected chi connectivity index (χ0v) is 18.7. The van der Waals surface area contributed by atoms with Crippen molar-refractivity contribution in [1.29, 1.82) is 0 Å². The largest absolute Gasteiger partial charge is 0.478 e. The summed E-state index contributed by atoms with van der Waals surface area (Å²) in [5.41, 5.74) is 4.28. The number of hydrogen-bond donors (Lipinski definition) is 3. The van der Waals surface area contributed by atoms with Crippen LogP contribution in [-0.4, -0.2) is 48.2 Å². The van der Waals surface area contributed by atoms with Crippen molar-refractivity contribution >= 4 is 40.4 Å². The molecule has 9 heteroatoms. The van der Waals surface area contributed by atoms with Crippen LogP contribution < -0.4 is 0 Å². The first kappa shape index (κ1) is 23.3. The fourth-order valence-electron chi connectivity index (χ4n) is 3.76. The first-order chi connectivity index (χ1) is 15.3. The smallest absolute Gasteiger partial charge is 0.328 e. The maximum absolute atomic E-state index is 13.2. The number of carboxylic acids is 2. The molecule has 3 heterocycles. The number of carbonyl (C=O) groups excluding carboxylic acids is 1. The third kappa shape index (κ3) is 5.11. The molecule has 3 N–H and O–H groups in total. The van der Waals surface area contributed by atoms with Gasteiger partial charge in [0, 0.05) is 53.9 Å². The zero-order valence-electron chi connectivity index (χ0n) is 17.9. The fraction of sp³-hybridized carbons (Fsp3) is 0.304. The van der Waals surface area contributed by atoms with Crippen molar-refractivity contribution in [2.45, 2.75) is 31.2 Å². The highest BCUT2D eigenvalue weighted by atomic mass is 32.2. The second-order valence-corrected chi connectivity index (χ2v) is 8.43. The Kier molecular flexibility index (Phi) is 7.53. The van der Waals surface area contributed by atoms with Crippen LogP contribution in [0.2, 0.25) is 0 Å². The monoisotopic (exact) mass is 455 g/mol. The topological polar surface area (TPSA) is 125 Å². The predicted octanol–water partition coefficient (Wildman–Crippen LogP) is 3.71. The number of carbonyl (C=O) groups is 3. The third-order valence-electron chi connectivity index (χ3n) is 5.20. The van der Waals surface area contributed by atoms with Crippen molar-refractivity contribution in [2.24, 2.45) is 13.0 Å². The number of nitrogens with zero attached hydrogens (tertiary/aromatic N) is 2. The second kappa shape index (κ2) is 10.3. The van der Waals surface area contributed by atoms with Crippen LogP contribution >= 0.6 is 11.8 Å². The highest BCUT2D eigenvalue weighted by Crippen LogP contribution is 2.40. The molecule has 0 spiro atoms. The molecule has 3 aromatic rings. The highest BCUT2D eigenvalue weighted by molar-refractivity contribution is 7.99. The van der Waals surface area contributed by atoms with Crippen LogP contribution in [0.1, 0.15) is 35.1 Å². The normalized spacial score (nSPS) is 15.4. The molecule has 4 rings (SSSR count). The molecule has 0 bridgehead atoms. The number of aliphatic carboxylic acids is 2. The lowest BCUT2D eigenvalue weighted by Crippen LogP contribution is -2.25. The minimum Gasteiger partial charge on any atom is -0.478 e. The Morgan fingerprint density at radius 1 is 1.25 bits per heavy atom. The summed E-state index contributed by atoms with van der Waals surface area (Å²) in [5, 5.41) is 17.8. The Hall–Kier alpha value is -3.33. The predicted molar refractivity (Wildman–Crippen MR) is 122 cm³/mol. The van der Waals surface area contributed by atoms with Crippen LogP contribution in [0, 0.1) is 5.92 Å². The number of benzene rings is 1. The van der Waals surface area contributed by atoms with Gasteiger partial charge in [0.1, 0.15) is 0 Å². The lowest BCUT2D eigenvalue weighted by Gasteiger charge is -2.21. The van der Waals surface area contributed by atoms with Crippen molar-refractivity contribution in [3.63, 3.8) is 0 Å². The Bertz CT molecular complexity index is 1160. The summed E-state index contributed by atoms with van der Waals surface area (Å²) in [5.74, 6) is -1.39. The number of carboxylic acid groups (broad SMARTS) is 2. The maximum atomic E-state index is 13.2. The standard InChI is InChI=1S/C19H21N3OS.C4H4O4/c1-3-6-14-15(21-11-20-14)9-12-10-24-19-17(18(12)23)13-7-4-5-8-16(13)22(19)2;5-3(6)1-2-4(7)8/h4-5,7-8,11-12H,3,6,9-10H2,1-2H3,(H,20,21);1-2H,(H,5,6)(H,7,8). The van der Waals surface area contributed by atoms with Gasteiger partial charge in [0.2, 0.25) is 0 Å². The van der Waals surface area contributed by atoms with E-state index < -0.39 is 11.9 Å². The molecule has 8 nitrogen and oxygen atoms in total. The van der Waals surface area contributed by atoms with E-state index in [4.69, 9.17) is 10.2 Å². The van der Waals surface area contributed by atoms with Gasteiger partial charge in [-0.3, -0.25) is 4.79 Å². The molecule has 0 saturated carbocycles. The SMILES string of the molecule is CCCc1nc[nH]c1CC1CSc2c(c3ccccc3n2C)C1=O.O=C(O)C=CC(=O)O. The summed E-state index contributed by atoms with van der Waals surface area (Å²) in [7, 11) is 2.05. The van der Waals surface area contributed by atoms with E-state index in [2.05, 4.69) is 40.6 Å². The number of aromatic nitrogens is 3. The van der Waals surface area contributed by atoms with Crippen LogP contribution in [-0.2, 0) is 29.5 Å². The summed E-state index contributed by atoms with van der Waals surface area (Å²) in [6.07, 6.45) is 5.66. The average molecular weight is 456 g/mol. The number of imidazole rings is 1. The number of hydrogen-bond acceptors (Lipinski definition) is 5. The second-order valence-electron chi connectivity index (χ2n) is 7.42. The van der Waals surface area contributed by atoms with E-state index in [0.29, 0.717) is 12.2 Å². The van der Waals surface area contributed by atoms with Crippen molar-refractivity contribution in [1.82, 2.24) is 14.5 Å². The van der Waals surface area contributed by atoms with E-state index in [1.54, 1.807) is 18.1 Å². The molecule has 168 valence electrons. The number of rotatable bonds is 6. The molecule has 0 radical (unpaired) electrons. The summed E-state index contributed by atoms with van der Waals surface area (Å²) in [6, 6.07) is 8.19. The maximum Gasteiger partial charge on any atom is 0.328 e. The molecule has 1 atom stereocenters. The summed E-state index contributed by atoms with van der Waals surface area (Å²) >= 11 is 1.80. The first-order valence-electron chi connectivity index (χ1n) is 10.2. The van der Waals surface area contributed by atoms with Gasteiger partial charge in [-0.15, -0.1) is 11.8 Å². The van der Waals surface area contributed by atoms with Gasteiger partial charge in [-0.1, -0.05) is 31.5 Å². The number of ketones is 1. The van der Waals surface area contributed by atoms with Gasteiger partial charge in [0.05, 0.1) is 22.6 Å². The van der Waals surface area contributed by atoms with Gasteiger partial charge in [-0.05, 0) is 12.5 Å². The van der Waals surface area contributed by atoms with Crippen molar-refractivity contribution in [3.05, 3.63) is 59.7 Å². The van der Waals surface area contributed by atoms with E-state index in [-0.39, 0.29) is 11.7 Å². The molecule has 0 saturated heterocycles.